The summed E-state index contributed by atoms with van der Waals surface area (Å²) >= 11 is 0. The lowest BCUT2D eigenvalue weighted by atomic mass is 10.0. The molecule has 0 saturated carbocycles. The van der Waals surface area contributed by atoms with E-state index in [1.165, 1.54) is 21.0 Å². The van der Waals surface area contributed by atoms with Crippen LogP contribution in [-0.2, 0) is 21.3 Å². The number of para-hydroxylation sites is 1. The van der Waals surface area contributed by atoms with E-state index in [-0.39, 0.29) is 4.90 Å². The van der Waals surface area contributed by atoms with Crippen LogP contribution in [0.1, 0.15) is 23.1 Å². The molecule has 0 amide bonds. The van der Waals surface area contributed by atoms with Gasteiger partial charge in [0.25, 0.3) is 0 Å². The van der Waals surface area contributed by atoms with Gasteiger partial charge in [-0.1, -0.05) is 41.5 Å². The van der Waals surface area contributed by atoms with E-state index >= 15 is 0 Å². The third-order valence-electron chi connectivity index (χ3n) is 5.89. The first-order valence-electron chi connectivity index (χ1n) is 10.4. The zero-order valence-corrected chi connectivity index (χ0v) is 18.7. The molecule has 162 valence electrons. The van der Waals surface area contributed by atoms with Crippen LogP contribution in [0.5, 0.6) is 5.75 Å². The van der Waals surface area contributed by atoms with Crippen molar-refractivity contribution in [3.8, 4) is 5.75 Å². The van der Waals surface area contributed by atoms with Crippen LogP contribution in [0.4, 0.5) is 0 Å². The second-order valence-electron chi connectivity index (χ2n) is 8.52. The highest BCUT2D eigenvalue weighted by atomic mass is 32.2. The van der Waals surface area contributed by atoms with Crippen LogP contribution in [0.15, 0.2) is 47.4 Å². The summed E-state index contributed by atoms with van der Waals surface area (Å²) in [5.74, 6) is 0.450. The van der Waals surface area contributed by atoms with Crippen LogP contribution < -0.4 is 4.74 Å². The maximum atomic E-state index is 13.3. The normalized spacial score (nSPS) is 23.8. The molecular formula is C23H30N2O4S. The van der Waals surface area contributed by atoms with Crippen LogP contribution in [0.2, 0.25) is 0 Å². The van der Waals surface area contributed by atoms with Crippen LogP contribution in [-0.4, -0.2) is 63.1 Å². The van der Waals surface area contributed by atoms with E-state index in [4.69, 9.17) is 9.47 Å². The van der Waals surface area contributed by atoms with Gasteiger partial charge in [-0.3, -0.25) is 4.90 Å². The average Bonchev–Trinajstić information content (AvgIpc) is 3.02. The van der Waals surface area contributed by atoms with Crippen LogP contribution in [0.25, 0.3) is 0 Å². The van der Waals surface area contributed by atoms with E-state index in [9.17, 15) is 8.42 Å². The Hall–Kier alpha value is -1.93. The number of methoxy groups -OCH3 is 1. The molecule has 2 aromatic carbocycles. The topological polar surface area (TPSA) is 59.1 Å². The van der Waals surface area contributed by atoms with Crippen molar-refractivity contribution in [3.63, 3.8) is 0 Å². The lowest BCUT2D eigenvalue weighted by molar-refractivity contribution is 0.0533. The molecule has 2 aliphatic heterocycles. The summed E-state index contributed by atoms with van der Waals surface area (Å²) in [6, 6.07) is 13.6. The predicted octanol–water partition coefficient (Wildman–Crippen LogP) is 2.98. The molecule has 0 aliphatic carbocycles. The van der Waals surface area contributed by atoms with Crippen molar-refractivity contribution in [2.24, 2.45) is 0 Å². The number of sulfonamides is 1. The fourth-order valence-electron chi connectivity index (χ4n) is 4.64. The Morgan fingerprint density at radius 1 is 1.10 bits per heavy atom. The van der Waals surface area contributed by atoms with Gasteiger partial charge in [0.2, 0.25) is 10.0 Å². The Balaban J connectivity index is 1.61. The van der Waals surface area contributed by atoms with Crippen LogP contribution >= 0.6 is 0 Å². The largest absolute Gasteiger partial charge is 0.483 e. The molecule has 7 heteroatoms. The molecule has 0 N–H and O–H groups in total. The van der Waals surface area contributed by atoms with Gasteiger partial charge in [0.05, 0.1) is 13.2 Å². The van der Waals surface area contributed by atoms with Gasteiger partial charge >= 0.3 is 0 Å². The van der Waals surface area contributed by atoms with E-state index in [2.05, 4.69) is 36.9 Å². The Bertz CT molecular complexity index is 1000. The Labute approximate surface area is 179 Å². The number of hydrogen-bond acceptors (Lipinski definition) is 5. The van der Waals surface area contributed by atoms with Crippen molar-refractivity contribution in [2.75, 3.05) is 39.9 Å². The smallest absolute Gasteiger partial charge is 0.246 e. The van der Waals surface area contributed by atoms with E-state index in [0.717, 1.165) is 19.5 Å². The number of hydrogen-bond donors (Lipinski definition) is 0. The van der Waals surface area contributed by atoms with Gasteiger partial charge in [-0.05, 0) is 31.5 Å². The molecule has 0 unspecified atom stereocenters. The van der Waals surface area contributed by atoms with E-state index in [1.807, 2.05) is 6.07 Å². The minimum Gasteiger partial charge on any atom is -0.483 e. The average molecular weight is 431 g/mol. The SMILES string of the molecule is COCCN1C[C@]2(CCN(Cc3cc(C)cc(C)c3)C2)Oc2ccccc2S1(=O)=O. The number of benzene rings is 2. The molecule has 1 saturated heterocycles. The lowest BCUT2D eigenvalue weighted by Gasteiger charge is -2.32. The third kappa shape index (κ3) is 4.25. The lowest BCUT2D eigenvalue weighted by Crippen LogP contribution is -2.49. The summed E-state index contributed by atoms with van der Waals surface area (Å²) < 4.78 is 39.8. The monoisotopic (exact) mass is 430 g/mol. The maximum absolute atomic E-state index is 13.3. The van der Waals surface area contributed by atoms with Gasteiger partial charge in [-0.2, -0.15) is 4.31 Å². The summed E-state index contributed by atoms with van der Waals surface area (Å²) in [4.78, 5) is 2.61. The molecule has 2 aliphatic rings. The van der Waals surface area contributed by atoms with Crippen molar-refractivity contribution >= 4 is 10.0 Å². The predicted molar refractivity (Wildman–Crippen MR) is 116 cm³/mol. The highest BCUT2D eigenvalue weighted by Crippen LogP contribution is 2.38. The van der Waals surface area contributed by atoms with E-state index in [0.29, 0.717) is 32.0 Å². The molecule has 0 aromatic heterocycles. The first kappa shape index (κ1) is 21.3. The highest BCUT2D eigenvalue weighted by Gasteiger charge is 2.47. The summed E-state index contributed by atoms with van der Waals surface area (Å²) in [7, 11) is -2.04. The van der Waals surface area contributed by atoms with Gasteiger partial charge in [0.15, 0.2) is 0 Å². The fraction of sp³-hybridized carbons (Fsp3) is 0.478. The van der Waals surface area contributed by atoms with Crippen molar-refractivity contribution < 1.29 is 17.9 Å². The van der Waals surface area contributed by atoms with E-state index in [1.54, 1.807) is 25.3 Å². The molecule has 1 atom stereocenters. The molecular weight excluding hydrogens is 400 g/mol. The van der Waals surface area contributed by atoms with Crippen molar-refractivity contribution in [2.45, 2.75) is 37.3 Å². The number of aryl methyl sites for hydroxylation is 2. The summed E-state index contributed by atoms with van der Waals surface area (Å²) in [5, 5.41) is 0. The second-order valence-corrected chi connectivity index (χ2v) is 10.4. The van der Waals surface area contributed by atoms with Crippen molar-refractivity contribution in [3.05, 3.63) is 59.2 Å². The molecule has 0 bridgehead atoms. The van der Waals surface area contributed by atoms with Crippen LogP contribution in [0, 0.1) is 13.8 Å². The van der Waals surface area contributed by atoms with Crippen LogP contribution in [0.3, 0.4) is 0 Å². The molecule has 0 radical (unpaired) electrons. The minimum absolute atomic E-state index is 0.241. The minimum atomic E-state index is -3.63. The molecule has 2 heterocycles. The standard InChI is InChI=1S/C23H30N2O4S/c1-18-12-19(2)14-20(13-18)15-24-9-8-23(16-24)17-25(10-11-28-3)30(26,27)22-7-5-4-6-21(22)29-23/h4-7,12-14H,8-11,15-17H2,1-3H3/t23-/m1/s1. The van der Waals surface area contributed by atoms with Gasteiger partial charge in [0.1, 0.15) is 16.2 Å². The molecule has 4 rings (SSSR count). The molecule has 6 nitrogen and oxygen atoms in total. The Morgan fingerprint density at radius 3 is 2.57 bits per heavy atom. The number of fused-ring (bicyclic) bond motifs is 1. The zero-order chi connectivity index (χ0) is 21.4. The fourth-order valence-corrected chi connectivity index (χ4v) is 6.26. The summed E-state index contributed by atoms with van der Waals surface area (Å²) in [6.07, 6.45) is 0.783. The first-order valence-corrected chi connectivity index (χ1v) is 11.8. The van der Waals surface area contributed by atoms with Gasteiger partial charge < -0.3 is 9.47 Å². The Kier molecular flexibility index (Phi) is 5.90. The van der Waals surface area contributed by atoms with Crippen molar-refractivity contribution in [1.82, 2.24) is 9.21 Å². The van der Waals surface area contributed by atoms with Gasteiger partial charge in [-0.25, -0.2) is 8.42 Å². The number of nitrogens with zero attached hydrogens (tertiary/aromatic N) is 2. The van der Waals surface area contributed by atoms with Gasteiger partial charge in [0, 0.05) is 39.7 Å². The molecule has 1 spiro atoms. The second kappa shape index (κ2) is 8.30. The summed E-state index contributed by atoms with van der Waals surface area (Å²) in [5.41, 5.74) is 3.24. The number of rotatable bonds is 5. The Morgan fingerprint density at radius 2 is 1.83 bits per heavy atom. The van der Waals surface area contributed by atoms with Crippen molar-refractivity contribution in [1.29, 1.82) is 0 Å². The van der Waals surface area contributed by atoms with Gasteiger partial charge in [-0.15, -0.1) is 0 Å². The number of likely N-dealkylation sites (tertiary alicyclic amines) is 1. The number of ether oxygens (including phenoxy) is 2. The highest BCUT2D eigenvalue weighted by molar-refractivity contribution is 7.89. The molecule has 1 fully saturated rings. The quantitative estimate of drug-likeness (QED) is 0.730. The molecule has 2 aromatic rings. The third-order valence-corrected chi connectivity index (χ3v) is 7.77. The first-order chi connectivity index (χ1) is 14.3. The maximum Gasteiger partial charge on any atom is 0.246 e. The van der Waals surface area contributed by atoms with E-state index < -0.39 is 15.6 Å². The summed E-state index contributed by atoms with van der Waals surface area (Å²) in [6.45, 7) is 7.62. The molecule has 30 heavy (non-hydrogen) atoms. The zero-order valence-electron chi connectivity index (χ0n) is 17.9.